The van der Waals surface area contributed by atoms with Gasteiger partial charge in [0, 0.05) is 67.0 Å². The van der Waals surface area contributed by atoms with Gasteiger partial charge in [0.25, 0.3) is 5.91 Å². The number of nitrogens with one attached hydrogen (secondary N) is 2. The van der Waals surface area contributed by atoms with Crippen molar-refractivity contribution >= 4 is 69.3 Å². The second kappa shape index (κ2) is 16.3. The van der Waals surface area contributed by atoms with Crippen molar-refractivity contribution in [2.45, 2.75) is 20.1 Å². The molecule has 0 atom stereocenters. The molecule has 3 amide bonds. The Morgan fingerprint density at radius 2 is 1.74 bits per heavy atom. The van der Waals surface area contributed by atoms with Crippen LogP contribution in [0.5, 0.6) is 5.75 Å². The summed E-state index contributed by atoms with van der Waals surface area (Å²) in [4.78, 5) is 54.4. The van der Waals surface area contributed by atoms with Crippen LogP contribution in [-0.2, 0) is 22.7 Å². The predicted octanol–water partition coefficient (Wildman–Crippen LogP) is 6.01. The van der Waals surface area contributed by atoms with E-state index in [9.17, 15) is 14.4 Å². The summed E-state index contributed by atoms with van der Waals surface area (Å²) in [5, 5.41) is 6.91. The van der Waals surface area contributed by atoms with E-state index in [2.05, 4.69) is 20.6 Å². The van der Waals surface area contributed by atoms with Gasteiger partial charge in [-0.05, 0) is 61.0 Å². The number of amides is 3. The van der Waals surface area contributed by atoms with Crippen LogP contribution in [0.25, 0.3) is 17.0 Å². The molecule has 0 fully saturated rings. The second-order valence-electron chi connectivity index (χ2n) is 11.5. The Morgan fingerprint density at radius 3 is 2.46 bits per heavy atom. The minimum atomic E-state index is -0.489. The number of anilines is 2. The van der Waals surface area contributed by atoms with E-state index < -0.39 is 11.8 Å². The van der Waals surface area contributed by atoms with Gasteiger partial charge in [-0.3, -0.25) is 24.4 Å². The number of benzene rings is 2. The van der Waals surface area contributed by atoms with Crippen molar-refractivity contribution in [2.75, 3.05) is 37.5 Å². The molecule has 0 bridgehead atoms. The number of hydrogen-bond donors (Lipinski definition) is 2. The van der Waals surface area contributed by atoms with Crippen molar-refractivity contribution in [2.24, 2.45) is 0 Å². The topological polar surface area (TPSA) is 130 Å². The van der Waals surface area contributed by atoms with Gasteiger partial charge in [0.05, 0.1) is 29.5 Å². The van der Waals surface area contributed by atoms with Crippen LogP contribution in [0.4, 0.5) is 11.4 Å². The molecule has 11 nitrogen and oxygen atoms in total. The summed E-state index contributed by atoms with van der Waals surface area (Å²) < 4.78 is 6.20. The smallest absolute Gasteiger partial charge is 0.270 e. The van der Waals surface area contributed by atoms with E-state index in [0.717, 1.165) is 22.5 Å². The quantitative estimate of drug-likeness (QED) is 0.151. The second-order valence-corrected chi connectivity index (χ2v) is 12.2. The molecule has 0 aliphatic carbocycles. The normalized spacial score (nSPS) is 11.0. The lowest BCUT2D eigenvalue weighted by atomic mass is 10.1. The molecule has 13 heteroatoms. The third kappa shape index (κ3) is 8.73. The van der Waals surface area contributed by atoms with Gasteiger partial charge in [0.2, 0.25) is 11.8 Å². The number of rotatable bonds is 12. The summed E-state index contributed by atoms with van der Waals surface area (Å²) in [7, 11) is 5.51. The van der Waals surface area contributed by atoms with E-state index >= 15 is 0 Å². The van der Waals surface area contributed by atoms with E-state index in [0.29, 0.717) is 33.1 Å². The Hall–Kier alpha value is -5.52. The predicted molar refractivity (Wildman–Crippen MR) is 197 cm³/mol. The monoisotopic (exact) mass is 711 g/mol. The lowest BCUT2D eigenvalue weighted by Crippen LogP contribution is -2.37. The molecule has 2 N–H and O–H groups in total. The Morgan fingerprint density at radius 1 is 0.920 bits per heavy atom. The molecule has 0 spiro atoms. The number of pyridine rings is 3. The Labute approximate surface area is 299 Å². The fourth-order valence-corrected chi connectivity index (χ4v) is 5.60. The fraction of sp³-hybridized carbons (Fsp3) is 0.189. The zero-order valence-corrected chi connectivity index (χ0v) is 29.4. The lowest BCUT2D eigenvalue weighted by Gasteiger charge is -2.21. The molecule has 50 heavy (non-hydrogen) atoms. The minimum Gasteiger partial charge on any atom is -0.487 e. The molecule has 0 aliphatic rings. The molecule has 0 unspecified atom stereocenters. The number of fused-ring (bicyclic) bond motifs is 1. The highest BCUT2D eigenvalue weighted by molar-refractivity contribution is 6.38. The maximum absolute atomic E-state index is 13.1. The van der Waals surface area contributed by atoms with Crippen molar-refractivity contribution in [3.63, 3.8) is 0 Å². The zero-order chi connectivity index (χ0) is 35.8. The van der Waals surface area contributed by atoms with Gasteiger partial charge in [-0.15, -0.1) is 0 Å². The van der Waals surface area contributed by atoms with Crippen LogP contribution in [0.3, 0.4) is 0 Å². The van der Waals surface area contributed by atoms with Crippen LogP contribution in [0.1, 0.15) is 33.0 Å². The van der Waals surface area contributed by atoms with E-state index in [1.54, 1.807) is 43.6 Å². The maximum Gasteiger partial charge on any atom is 0.270 e. The first-order chi connectivity index (χ1) is 24.0. The van der Waals surface area contributed by atoms with Crippen molar-refractivity contribution in [1.29, 1.82) is 0 Å². The summed E-state index contributed by atoms with van der Waals surface area (Å²) in [6.07, 6.45) is 5.94. The van der Waals surface area contributed by atoms with Gasteiger partial charge in [0.1, 0.15) is 23.6 Å². The number of hydrogen-bond acceptors (Lipinski definition) is 8. The van der Waals surface area contributed by atoms with Crippen molar-refractivity contribution in [3.05, 3.63) is 123 Å². The van der Waals surface area contributed by atoms with Gasteiger partial charge >= 0.3 is 0 Å². The number of para-hydroxylation sites is 1. The first-order valence-electron chi connectivity index (χ1n) is 15.6. The van der Waals surface area contributed by atoms with Gasteiger partial charge in [0.15, 0.2) is 0 Å². The molecule has 5 aromatic rings. The Balaban J connectivity index is 1.17. The molecule has 256 valence electrons. The number of halogens is 2. The van der Waals surface area contributed by atoms with Crippen LogP contribution in [0, 0.1) is 6.92 Å². The van der Waals surface area contributed by atoms with Crippen LogP contribution < -0.4 is 25.2 Å². The standard InChI is InChI=1S/C37H35Cl2N7O4/c1-23-18-31(45(2)3)26-9-7-10-32(36(26)44-23)50-22-27-28(38)13-15-30(35(27)39)46(4)34(48)21-42-33(47)16-12-24-11-14-29(41-19-24)37(49)43-20-25-8-5-6-17-40-25/h5-19H,20-22H2,1-4H3,(H,42,47)(H,43,49)/b16-12+. The number of aryl methyl sites for hydroxylation is 1. The van der Waals surface area contributed by atoms with Gasteiger partial charge in [-0.2, -0.15) is 0 Å². The molecule has 5 rings (SSSR count). The summed E-state index contributed by atoms with van der Waals surface area (Å²) in [6.45, 7) is 1.95. The molecule has 2 aromatic carbocycles. The van der Waals surface area contributed by atoms with Gasteiger partial charge in [-0.1, -0.05) is 47.5 Å². The number of aromatic nitrogens is 3. The number of carbonyl (C=O) groups is 3. The highest BCUT2D eigenvalue weighted by Crippen LogP contribution is 2.36. The summed E-state index contributed by atoms with van der Waals surface area (Å²) in [5.74, 6) is -0.671. The molecule has 0 aliphatic heterocycles. The van der Waals surface area contributed by atoms with Gasteiger partial charge in [-0.25, -0.2) is 4.98 Å². The van der Waals surface area contributed by atoms with Crippen LogP contribution >= 0.6 is 23.2 Å². The third-order valence-electron chi connectivity index (χ3n) is 7.68. The van der Waals surface area contributed by atoms with Crippen molar-refractivity contribution in [3.8, 4) is 5.75 Å². The number of carbonyl (C=O) groups excluding carboxylic acids is 3. The number of likely N-dealkylation sites (N-methyl/N-ethyl adjacent to an activating group) is 1. The van der Waals surface area contributed by atoms with Crippen LogP contribution in [0.15, 0.2) is 85.2 Å². The number of ether oxygens (including phenoxy) is 1. The highest BCUT2D eigenvalue weighted by Gasteiger charge is 2.20. The summed E-state index contributed by atoms with van der Waals surface area (Å²) in [5.41, 5.74) is 5.04. The van der Waals surface area contributed by atoms with E-state index in [1.807, 2.05) is 62.3 Å². The minimum absolute atomic E-state index is 0.0345. The van der Waals surface area contributed by atoms with Crippen LogP contribution in [0.2, 0.25) is 10.0 Å². The Kier molecular flexibility index (Phi) is 11.6. The van der Waals surface area contributed by atoms with Crippen LogP contribution in [-0.4, -0.2) is 60.4 Å². The summed E-state index contributed by atoms with van der Waals surface area (Å²) >= 11 is 13.3. The number of nitrogens with zero attached hydrogens (tertiary/aromatic N) is 5. The Bertz CT molecular complexity index is 2060. The molecular weight excluding hydrogens is 677 g/mol. The fourth-order valence-electron chi connectivity index (χ4n) is 4.99. The SMILES string of the molecule is Cc1cc(N(C)C)c2cccc(OCc3c(Cl)ccc(N(C)C(=O)CNC(=O)/C=C/c4ccc(C(=O)NCc5ccccn5)nc4)c3Cl)c2n1. The molecule has 0 radical (unpaired) electrons. The van der Waals surface area contributed by atoms with Crippen molar-refractivity contribution < 1.29 is 19.1 Å². The molecule has 3 heterocycles. The largest absolute Gasteiger partial charge is 0.487 e. The average molecular weight is 713 g/mol. The lowest BCUT2D eigenvalue weighted by molar-refractivity contribution is -0.122. The van der Waals surface area contributed by atoms with E-state index in [4.69, 9.17) is 32.9 Å². The average Bonchev–Trinajstić information content (AvgIpc) is 3.12. The first-order valence-corrected chi connectivity index (χ1v) is 16.3. The van der Waals surface area contributed by atoms with E-state index in [1.165, 1.54) is 23.2 Å². The van der Waals surface area contributed by atoms with Crippen molar-refractivity contribution in [1.82, 2.24) is 25.6 Å². The molecule has 0 saturated heterocycles. The third-order valence-corrected chi connectivity index (χ3v) is 8.46. The maximum atomic E-state index is 13.1. The molecular formula is C37H35Cl2N7O4. The molecule has 3 aromatic heterocycles. The van der Waals surface area contributed by atoms with E-state index in [-0.39, 0.29) is 36.3 Å². The first kappa shape index (κ1) is 35.8. The highest BCUT2D eigenvalue weighted by atomic mass is 35.5. The zero-order valence-electron chi connectivity index (χ0n) is 27.9. The summed E-state index contributed by atoms with van der Waals surface area (Å²) in [6, 6.07) is 19.7. The van der Waals surface area contributed by atoms with Gasteiger partial charge < -0.3 is 25.2 Å². The molecule has 0 saturated carbocycles.